The molecule has 0 amide bonds. The summed E-state index contributed by atoms with van der Waals surface area (Å²) >= 11 is 0. The number of aryl methyl sites for hydroxylation is 1. The van der Waals surface area contributed by atoms with Gasteiger partial charge in [0.25, 0.3) is 0 Å². The molecule has 4 aromatic carbocycles. The molecule has 0 bridgehead atoms. The molecule has 3 nitrogen and oxygen atoms in total. The van der Waals surface area contributed by atoms with Crippen molar-refractivity contribution in [2.75, 3.05) is 45.1 Å². The van der Waals surface area contributed by atoms with E-state index in [-0.39, 0.29) is 49.0 Å². The molecule has 0 unspecified atom stereocenters. The van der Waals surface area contributed by atoms with Gasteiger partial charge in [-0.2, -0.15) is 54.8 Å². The molecule has 0 aliphatic heterocycles. The van der Waals surface area contributed by atoms with Gasteiger partial charge in [-0.1, -0.05) is 114 Å². The number of hydrogen-bond acceptors (Lipinski definition) is 3. The average Bonchev–Trinajstić information content (AvgIpc) is 3.45. The maximum absolute atomic E-state index is 5.94. The van der Waals surface area contributed by atoms with Gasteiger partial charge in [-0.05, 0) is 57.1 Å². The molecular weight excluding hydrogens is 637 g/mol. The van der Waals surface area contributed by atoms with E-state index >= 15 is 0 Å². The third-order valence-corrected chi connectivity index (χ3v) is 8.21. The van der Waals surface area contributed by atoms with Crippen LogP contribution in [0.3, 0.4) is 0 Å². The van der Waals surface area contributed by atoms with Crippen LogP contribution < -0.4 is 14.5 Å². The van der Waals surface area contributed by atoms with Gasteiger partial charge in [0.15, 0.2) is 0 Å². The molecular formula is C42H59N2OY. The van der Waals surface area contributed by atoms with Crippen LogP contribution in [0.2, 0.25) is 0 Å². The van der Waals surface area contributed by atoms with Crippen LogP contribution in [0.5, 0.6) is 5.75 Å². The van der Waals surface area contributed by atoms with Crippen LogP contribution in [0.4, 0.5) is 11.4 Å². The van der Waals surface area contributed by atoms with Crippen LogP contribution in [-0.2, 0) is 49.0 Å². The summed E-state index contributed by atoms with van der Waals surface area (Å²) in [7, 11) is 9.87. The predicted octanol–water partition coefficient (Wildman–Crippen LogP) is 10.5. The van der Waals surface area contributed by atoms with E-state index < -0.39 is 0 Å². The number of para-hydroxylation sites is 2. The van der Waals surface area contributed by atoms with Crippen molar-refractivity contribution in [3.8, 4) is 5.75 Å². The third-order valence-electron chi connectivity index (χ3n) is 8.21. The first-order valence-electron chi connectivity index (χ1n) is 15.9. The van der Waals surface area contributed by atoms with Crippen LogP contribution in [0, 0.1) is 20.8 Å². The first-order chi connectivity index (χ1) is 20.7. The van der Waals surface area contributed by atoms with Crippen molar-refractivity contribution in [3.05, 3.63) is 132 Å². The van der Waals surface area contributed by atoms with Crippen molar-refractivity contribution < 1.29 is 37.4 Å². The van der Waals surface area contributed by atoms with Crippen molar-refractivity contribution in [1.82, 2.24) is 0 Å². The molecule has 0 N–H and O–H groups in total. The van der Waals surface area contributed by atoms with E-state index in [4.69, 9.17) is 4.74 Å². The minimum atomic E-state index is -0.110. The SMILES string of the molecule is COc1c(C(C)(C)C)cc(C)cc1C(C)(C)[c-]1ccc(C(C)(C)C)c1.[CH2-]c1ccccc1N(C)C.[CH2-]c1ccccc1N(C)C.[Y+3]. The molecule has 4 rings (SSSR count). The van der Waals surface area contributed by atoms with Gasteiger partial charge in [0.1, 0.15) is 5.75 Å². The molecule has 0 aliphatic carbocycles. The Bertz CT molecular complexity index is 1460. The maximum atomic E-state index is 5.94. The molecule has 0 fully saturated rings. The van der Waals surface area contributed by atoms with Gasteiger partial charge in [-0.15, -0.1) is 17.7 Å². The van der Waals surface area contributed by atoms with Gasteiger partial charge >= 0.3 is 32.7 Å². The molecule has 0 atom stereocenters. The van der Waals surface area contributed by atoms with Crippen LogP contribution >= 0.6 is 0 Å². The Kier molecular flexibility index (Phi) is 15.2. The van der Waals surface area contributed by atoms with Gasteiger partial charge < -0.3 is 14.5 Å². The zero-order chi connectivity index (χ0) is 34.3. The van der Waals surface area contributed by atoms with Gasteiger partial charge in [-0.3, -0.25) is 0 Å². The third kappa shape index (κ3) is 10.9. The number of ether oxygens (including phenoxy) is 1. The van der Waals surface area contributed by atoms with Gasteiger partial charge in [0.05, 0.1) is 7.11 Å². The van der Waals surface area contributed by atoms with Crippen molar-refractivity contribution >= 4 is 11.4 Å². The number of rotatable bonds is 5. The Labute approximate surface area is 308 Å². The number of methoxy groups -OCH3 is 1. The quantitative estimate of drug-likeness (QED) is 0.193. The van der Waals surface area contributed by atoms with Crippen LogP contribution in [0.1, 0.15) is 94.3 Å². The molecule has 0 radical (unpaired) electrons. The van der Waals surface area contributed by atoms with Crippen molar-refractivity contribution in [3.63, 3.8) is 0 Å². The standard InChI is InChI=1S/C24H35O.2C9H12N.Y/c1-16-13-19(23(5,6)7)21(25-10)20(14-16)24(8,9)18-12-11-17(15-18)22(2,3)4;2*1-8-6-4-5-7-9(8)10(2)3;/h11-15H,1-10H3;2*4-7H,1H2,2-3H3;/q3*-1;+3. The number of hydrogen-bond donors (Lipinski definition) is 0. The number of nitrogens with zero attached hydrogens (tertiary/aromatic N) is 2. The zero-order valence-electron chi connectivity index (χ0n) is 31.3. The second kappa shape index (κ2) is 16.9. The molecule has 0 saturated heterocycles. The summed E-state index contributed by atoms with van der Waals surface area (Å²) in [5, 5.41) is 0. The minimum Gasteiger partial charge on any atom is -0.496 e. The molecule has 0 aliphatic rings. The summed E-state index contributed by atoms with van der Waals surface area (Å²) in [5.41, 5.74) is 11.2. The Balaban J connectivity index is 0.000000413. The summed E-state index contributed by atoms with van der Waals surface area (Å²) in [6, 6.07) is 27.6. The van der Waals surface area contributed by atoms with Gasteiger partial charge in [0.2, 0.25) is 0 Å². The fraction of sp³-hybridized carbons (Fsp3) is 0.405. The van der Waals surface area contributed by atoms with Crippen molar-refractivity contribution in [2.24, 2.45) is 0 Å². The van der Waals surface area contributed by atoms with E-state index in [0.29, 0.717) is 0 Å². The Hall–Kier alpha value is -2.75. The molecule has 0 heterocycles. The predicted molar refractivity (Wildman–Crippen MR) is 200 cm³/mol. The molecule has 4 aromatic rings. The van der Waals surface area contributed by atoms with Crippen LogP contribution in [0.15, 0.2) is 78.9 Å². The fourth-order valence-corrected chi connectivity index (χ4v) is 5.36. The van der Waals surface area contributed by atoms with Crippen LogP contribution in [-0.4, -0.2) is 35.3 Å². The smallest absolute Gasteiger partial charge is 0.496 e. The van der Waals surface area contributed by atoms with E-state index in [2.05, 4.69) is 128 Å². The molecule has 4 heteroatoms. The van der Waals surface area contributed by atoms with E-state index in [0.717, 1.165) is 16.9 Å². The summed E-state index contributed by atoms with van der Waals surface area (Å²) < 4.78 is 5.94. The number of anilines is 2. The molecule has 0 spiro atoms. The second-order valence-corrected chi connectivity index (χ2v) is 15.0. The summed E-state index contributed by atoms with van der Waals surface area (Å²) in [5.74, 6) is 1.03. The first kappa shape index (κ1) is 41.3. The van der Waals surface area contributed by atoms with Crippen LogP contribution in [0.25, 0.3) is 0 Å². The van der Waals surface area contributed by atoms with E-state index in [1.807, 2.05) is 64.6 Å². The summed E-state index contributed by atoms with van der Waals surface area (Å²) in [6.07, 6.45) is 0. The van der Waals surface area contributed by atoms with E-state index in [1.165, 1.54) is 39.2 Å². The van der Waals surface area contributed by atoms with Gasteiger partial charge in [-0.25, -0.2) is 6.07 Å². The molecule has 246 valence electrons. The Morgan fingerprint density at radius 1 is 0.652 bits per heavy atom. The zero-order valence-corrected chi connectivity index (χ0v) is 34.1. The van der Waals surface area contributed by atoms with Crippen molar-refractivity contribution in [2.45, 2.75) is 78.6 Å². The fourth-order valence-electron chi connectivity index (χ4n) is 5.36. The second-order valence-electron chi connectivity index (χ2n) is 15.0. The largest absolute Gasteiger partial charge is 3.00 e. The van der Waals surface area contributed by atoms with Gasteiger partial charge in [0, 0.05) is 0 Å². The van der Waals surface area contributed by atoms with Crippen molar-refractivity contribution in [1.29, 1.82) is 0 Å². The molecule has 0 saturated carbocycles. The Morgan fingerprint density at radius 2 is 1.09 bits per heavy atom. The molecule has 0 aromatic heterocycles. The van der Waals surface area contributed by atoms with E-state index in [9.17, 15) is 0 Å². The average molecular weight is 697 g/mol. The topological polar surface area (TPSA) is 15.7 Å². The summed E-state index contributed by atoms with van der Waals surface area (Å²) in [4.78, 5) is 4.12. The maximum Gasteiger partial charge on any atom is 3.00 e. The molecule has 46 heavy (non-hydrogen) atoms. The minimum absolute atomic E-state index is 0. The Morgan fingerprint density at radius 3 is 1.41 bits per heavy atom. The van der Waals surface area contributed by atoms with E-state index in [1.54, 1.807) is 7.11 Å². The number of benzene rings is 3. The monoisotopic (exact) mass is 696 g/mol. The normalized spacial score (nSPS) is 11.3. The first-order valence-corrected chi connectivity index (χ1v) is 15.9. The summed E-state index contributed by atoms with van der Waals surface area (Å²) in [6.45, 7) is 28.1.